The van der Waals surface area contributed by atoms with Crippen molar-refractivity contribution in [3.8, 4) is 0 Å². The molecule has 1 N–H and O–H groups in total. The Balaban J connectivity index is 1.98. The lowest BCUT2D eigenvalue weighted by Crippen LogP contribution is -2.14. The molecule has 0 amide bonds. The number of nitrogens with one attached hydrogen (secondary N) is 1. The van der Waals surface area contributed by atoms with Crippen LogP contribution >= 0.6 is 0 Å². The van der Waals surface area contributed by atoms with Crippen LogP contribution in [-0.2, 0) is 14.3 Å². The van der Waals surface area contributed by atoms with Crippen molar-refractivity contribution in [3.63, 3.8) is 0 Å². The summed E-state index contributed by atoms with van der Waals surface area (Å²) in [6.07, 6.45) is 1.37. The van der Waals surface area contributed by atoms with Crippen LogP contribution < -0.4 is 5.32 Å². The molecule has 106 valence electrons. The van der Waals surface area contributed by atoms with Crippen molar-refractivity contribution in [3.05, 3.63) is 30.3 Å². The molecular formula is C15H23NO3. The monoisotopic (exact) mass is 265 g/mol. The first kappa shape index (κ1) is 15.5. The predicted octanol–water partition coefficient (Wildman–Crippen LogP) is 2.85. The zero-order valence-electron chi connectivity index (χ0n) is 11.7. The topological polar surface area (TPSA) is 47.6 Å². The van der Waals surface area contributed by atoms with Gasteiger partial charge in [-0.05, 0) is 32.4 Å². The smallest absolute Gasteiger partial charge is 0.305 e. The fourth-order valence-corrected chi connectivity index (χ4v) is 1.53. The predicted molar refractivity (Wildman–Crippen MR) is 76.2 cm³/mol. The van der Waals surface area contributed by atoms with Gasteiger partial charge in [0.1, 0.15) is 6.61 Å². The van der Waals surface area contributed by atoms with E-state index in [1.807, 2.05) is 44.2 Å². The number of carbonyl (C=O) groups is 1. The lowest BCUT2D eigenvalue weighted by Gasteiger charge is -2.08. The first-order valence-corrected chi connectivity index (χ1v) is 6.74. The van der Waals surface area contributed by atoms with Crippen LogP contribution in [0.2, 0.25) is 0 Å². The SMILES string of the molecule is CC(C)OCCOC(=O)CCCNc1ccccc1. The normalized spacial score (nSPS) is 10.5. The summed E-state index contributed by atoms with van der Waals surface area (Å²) in [7, 11) is 0. The zero-order valence-corrected chi connectivity index (χ0v) is 11.7. The Morgan fingerprint density at radius 3 is 2.63 bits per heavy atom. The van der Waals surface area contributed by atoms with Gasteiger partial charge in [-0.2, -0.15) is 0 Å². The molecule has 0 aliphatic heterocycles. The van der Waals surface area contributed by atoms with Crippen molar-refractivity contribution >= 4 is 11.7 Å². The third-order valence-corrected chi connectivity index (χ3v) is 2.46. The van der Waals surface area contributed by atoms with Crippen LogP contribution in [0.3, 0.4) is 0 Å². The van der Waals surface area contributed by atoms with Gasteiger partial charge in [0, 0.05) is 18.7 Å². The van der Waals surface area contributed by atoms with E-state index < -0.39 is 0 Å². The van der Waals surface area contributed by atoms with Gasteiger partial charge in [-0.25, -0.2) is 0 Å². The summed E-state index contributed by atoms with van der Waals surface area (Å²) in [6, 6.07) is 9.93. The quantitative estimate of drug-likeness (QED) is 0.551. The second-order valence-electron chi connectivity index (χ2n) is 4.54. The first-order valence-electron chi connectivity index (χ1n) is 6.74. The van der Waals surface area contributed by atoms with Crippen molar-refractivity contribution in [1.29, 1.82) is 0 Å². The van der Waals surface area contributed by atoms with E-state index in [1.54, 1.807) is 0 Å². The van der Waals surface area contributed by atoms with Crippen molar-refractivity contribution in [2.45, 2.75) is 32.8 Å². The fourth-order valence-electron chi connectivity index (χ4n) is 1.53. The van der Waals surface area contributed by atoms with Crippen LogP contribution in [0.5, 0.6) is 0 Å². The summed E-state index contributed by atoms with van der Waals surface area (Å²) in [5.41, 5.74) is 1.07. The summed E-state index contributed by atoms with van der Waals surface area (Å²) in [5, 5.41) is 3.25. The van der Waals surface area contributed by atoms with E-state index in [-0.39, 0.29) is 12.1 Å². The number of para-hydroxylation sites is 1. The molecule has 0 heterocycles. The lowest BCUT2D eigenvalue weighted by molar-refractivity contribution is -0.145. The first-order chi connectivity index (χ1) is 9.18. The second-order valence-corrected chi connectivity index (χ2v) is 4.54. The van der Waals surface area contributed by atoms with E-state index in [0.717, 1.165) is 18.7 Å². The van der Waals surface area contributed by atoms with E-state index >= 15 is 0 Å². The summed E-state index contributed by atoms with van der Waals surface area (Å²) >= 11 is 0. The number of esters is 1. The molecule has 0 aliphatic carbocycles. The minimum absolute atomic E-state index is 0.165. The highest BCUT2D eigenvalue weighted by Gasteiger charge is 2.02. The van der Waals surface area contributed by atoms with Crippen LogP contribution in [0.25, 0.3) is 0 Å². The third-order valence-electron chi connectivity index (χ3n) is 2.46. The molecule has 1 aromatic rings. The molecule has 19 heavy (non-hydrogen) atoms. The van der Waals surface area contributed by atoms with Crippen LogP contribution in [-0.4, -0.2) is 31.8 Å². The Kier molecular flexibility index (Phi) is 7.66. The highest BCUT2D eigenvalue weighted by atomic mass is 16.6. The molecule has 0 bridgehead atoms. The lowest BCUT2D eigenvalue weighted by atomic mass is 10.3. The Bertz CT molecular complexity index is 352. The van der Waals surface area contributed by atoms with E-state index in [4.69, 9.17) is 9.47 Å². The molecule has 0 atom stereocenters. The molecule has 0 saturated heterocycles. The van der Waals surface area contributed by atoms with Gasteiger partial charge in [0.2, 0.25) is 0 Å². The Morgan fingerprint density at radius 2 is 1.95 bits per heavy atom. The minimum atomic E-state index is -0.165. The number of hydrogen-bond donors (Lipinski definition) is 1. The number of carbonyl (C=O) groups excluding carboxylic acids is 1. The third kappa shape index (κ3) is 8.21. The van der Waals surface area contributed by atoms with Gasteiger partial charge >= 0.3 is 5.97 Å². The number of benzene rings is 1. The highest BCUT2D eigenvalue weighted by molar-refractivity contribution is 5.69. The van der Waals surface area contributed by atoms with Crippen molar-refractivity contribution < 1.29 is 14.3 Å². The molecule has 0 spiro atoms. The Labute approximate surface area is 115 Å². The highest BCUT2D eigenvalue weighted by Crippen LogP contribution is 2.05. The molecule has 1 rings (SSSR count). The van der Waals surface area contributed by atoms with E-state index in [2.05, 4.69) is 5.32 Å². The maximum Gasteiger partial charge on any atom is 0.305 e. The van der Waals surface area contributed by atoms with E-state index in [1.165, 1.54) is 0 Å². The Hall–Kier alpha value is -1.55. The van der Waals surface area contributed by atoms with E-state index in [9.17, 15) is 4.79 Å². The molecule has 0 fully saturated rings. The molecule has 0 aliphatic rings. The number of rotatable bonds is 9. The molecule has 0 unspecified atom stereocenters. The van der Waals surface area contributed by atoms with Crippen molar-refractivity contribution in [1.82, 2.24) is 0 Å². The van der Waals surface area contributed by atoms with Gasteiger partial charge in [-0.3, -0.25) is 4.79 Å². The molecular weight excluding hydrogens is 242 g/mol. The maximum absolute atomic E-state index is 11.4. The summed E-state index contributed by atoms with van der Waals surface area (Å²) in [5.74, 6) is -0.165. The van der Waals surface area contributed by atoms with Crippen LogP contribution in [0.1, 0.15) is 26.7 Å². The van der Waals surface area contributed by atoms with Crippen LogP contribution in [0.4, 0.5) is 5.69 Å². The fraction of sp³-hybridized carbons (Fsp3) is 0.533. The van der Waals surface area contributed by atoms with Crippen LogP contribution in [0.15, 0.2) is 30.3 Å². The van der Waals surface area contributed by atoms with E-state index in [0.29, 0.717) is 19.6 Å². The molecule has 4 heteroatoms. The summed E-state index contributed by atoms with van der Waals surface area (Å²) in [4.78, 5) is 11.4. The summed E-state index contributed by atoms with van der Waals surface area (Å²) in [6.45, 7) is 5.48. The van der Waals surface area contributed by atoms with Crippen LogP contribution in [0, 0.1) is 0 Å². The zero-order chi connectivity index (χ0) is 13.9. The largest absolute Gasteiger partial charge is 0.463 e. The number of ether oxygens (including phenoxy) is 2. The number of anilines is 1. The number of hydrogen-bond acceptors (Lipinski definition) is 4. The van der Waals surface area contributed by atoms with Gasteiger partial charge in [-0.15, -0.1) is 0 Å². The van der Waals surface area contributed by atoms with Gasteiger partial charge < -0.3 is 14.8 Å². The van der Waals surface area contributed by atoms with Crippen molar-refractivity contribution in [2.75, 3.05) is 25.1 Å². The maximum atomic E-state index is 11.4. The average Bonchev–Trinajstić information content (AvgIpc) is 2.41. The average molecular weight is 265 g/mol. The molecule has 0 aromatic heterocycles. The van der Waals surface area contributed by atoms with Gasteiger partial charge in [0.25, 0.3) is 0 Å². The molecule has 0 radical (unpaired) electrons. The van der Waals surface area contributed by atoms with Gasteiger partial charge in [0.05, 0.1) is 12.7 Å². The second kappa shape index (κ2) is 9.39. The molecule has 0 saturated carbocycles. The minimum Gasteiger partial charge on any atom is -0.463 e. The summed E-state index contributed by atoms with van der Waals surface area (Å²) < 4.78 is 10.3. The Morgan fingerprint density at radius 1 is 1.21 bits per heavy atom. The molecule has 1 aromatic carbocycles. The van der Waals surface area contributed by atoms with Gasteiger partial charge in [-0.1, -0.05) is 18.2 Å². The van der Waals surface area contributed by atoms with Crippen molar-refractivity contribution in [2.24, 2.45) is 0 Å². The molecule has 4 nitrogen and oxygen atoms in total. The standard InChI is InChI=1S/C15H23NO3/c1-13(2)18-11-12-19-15(17)9-6-10-16-14-7-4-3-5-8-14/h3-5,7-8,13,16H,6,9-12H2,1-2H3. The van der Waals surface area contributed by atoms with Gasteiger partial charge in [0.15, 0.2) is 0 Å².